The van der Waals surface area contributed by atoms with Gasteiger partial charge in [0.05, 0.1) is 52.7 Å². The van der Waals surface area contributed by atoms with Gasteiger partial charge in [-0.1, -0.05) is 152 Å². The third kappa shape index (κ3) is 13.6. The molecule has 1 aliphatic heterocycles. The molecule has 304 valence electrons. The number of esters is 1. The average molecular weight is 788 g/mol. The summed E-state index contributed by atoms with van der Waals surface area (Å²) in [7, 11) is 1.33. The molecule has 1 saturated heterocycles. The van der Waals surface area contributed by atoms with E-state index in [4.69, 9.17) is 33.2 Å². The van der Waals surface area contributed by atoms with Crippen LogP contribution in [0.3, 0.4) is 0 Å². The summed E-state index contributed by atoms with van der Waals surface area (Å²) in [6.45, 7) is 1.63. The average Bonchev–Trinajstić information content (AvgIpc) is 3.27. The molecule has 0 bridgehead atoms. The highest BCUT2D eigenvalue weighted by atomic mass is 16.6. The second kappa shape index (κ2) is 23.1. The molecule has 1 aliphatic rings. The zero-order chi connectivity index (χ0) is 40.2. The van der Waals surface area contributed by atoms with E-state index in [0.29, 0.717) is 39.3 Å². The topological polar surface area (TPSA) is 111 Å². The smallest absolute Gasteiger partial charge is 0.407 e. The van der Waals surface area contributed by atoms with Crippen LogP contribution in [-0.4, -0.2) is 62.3 Å². The molecule has 1 N–H and O–H groups in total. The Morgan fingerprint density at radius 3 is 1.43 bits per heavy atom. The van der Waals surface area contributed by atoms with E-state index in [-0.39, 0.29) is 19.6 Å². The molecule has 5 aromatic carbocycles. The fourth-order valence-corrected chi connectivity index (χ4v) is 6.92. The van der Waals surface area contributed by atoms with Crippen LogP contribution in [0.5, 0.6) is 0 Å². The first-order valence-electron chi connectivity index (χ1n) is 19.8. The molecule has 6 atom stereocenters. The largest absolute Gasteiger partial charge is 0.469 e. The highest BCUT2D eigenvalue weighted by Gasteiger charge is 2.48. The van der Waals surface area contributed by atoms with E-state index < -0.39 is 48.6 Å². The van der Waals surface area contributed by atoms with Crippen LogP contribution in [0.15, 0.2) is 152 Å². The SMILES string of the molecule is COC(=O)CC(CC[C@H]1O[C@H](COCc2ccccc2)[C@H](OCc2ccccc2)[C@H](OCc2ccccc2)[C@H]1OCc1ccccc1)NC(=O)OCc1ccccc1. The number of amides is 1. The van der Waals surface area contributed by atoms with Gasteiger partial charge in [-0.05, 0) is 40.7 Å². The number of carbonyl (C=O) groups excluding carboxylic acids is 2. The van der Waals surface area contributed by atoms with Crippen LogP contribution in [0, 0.1) is 0 Å². The lowest BCUT2D eigenvalue weighted by molar-refractivity contribution is -0.273. The Hall–Kier alpha value is -5.36. The van der Waals surface area contributed by atoms with Crippen molar-refractivity contribution in [1.82, 2.24) is 5.32 Å². The van der Waals surface area contributed by atoms with Crippen molar-refractivity contribution in [2.75, 3.05) is 13.7 Å². The molecule has 0 aromatic heterocycles. The molecular weight excluding hydrogens is 735 g/mol. The van der Waals surface area contributed by atoms with E-state index >= 15 is 0 Å². The number of benzene rings is 5. The molecule has 0 spiro atoms. The summed E-state index contributed by atoms with van der Waals surface area (Å²) in [6, 6.07) is 48.7. The molecule has 58 heavy (non-hydrogen) atoms. The van der Waals surface area contributed by atoms with Crippen LogP contribution >= 0.6 is 0 Å². The summed E-state index contributed by atoms with van der Waals surface area (Å²) in [5.41, 5.74) is 4.88. The van der Waals surface area contributed by atoms with Crippen molar-refractivity contribution in [3.63, 3.8) is 0 Å². The molecule has 1 amide bonds. The van der Waals surface area contributed by atoms with Crippen LogP contribution in [-0.2, 0) is 71.0 Å². The summed E-state index contributed by atoms with van der Waals surface area (Å²) in [5, 5.41) is 2.89. The van der Waals surface area contributed by atoms with Crippen LogP contribution in [0.4, 0.5) is 4.79 Å². The van der Waals surface area contributed by atoms with Crippen LogP contribution in [0.25, 0.3) is 0 Å². The molecule has 6 rings (SSSR count). The zero-order valence-electron chi connectivity index (χ0n) is 32.9. The maximum atomic E-state index is 13.1. The summed E-state index contributed by atoms with van der Waals surface area (Å²) >= 11 is 0. The minimum atomic E-state index is -0.634. The van der Waals surface area contributed by atoms with Gasteiger partial charge in [0.2, 0.25) is 0 Å². The number of alkyl carbamates (subject to hydrolysis) is 1. The number of ether oxygens (including phenoxy) is 7. The van der Waals surface area contributed by atoms with Crippen molar-refractivity contribution in [3.05, 3.63) is 179 Å². The van der Waals surface area contributed by atoms with Gasteiger partial charge >= 0.3 is 12.1 Å². The summed E-state index contributed by atoms with van der Waals surface area (Å²) < 4.78 is 44.3. The van der Waals surface area contributed by atoms with E-state index in [0.717, 1.165) is 27.8 Å². The minimum Gasteiger partial charge on any atom is -0.469 e. The fourth-order valence-electron chi connectivity index (χ4n) is 6.92. The van der Waals surface area contributed by atoms with E-state index in [9.17, 15) is 9.59 Å². The molecule has 0 aliphatic carbocycles. The summed E-state index contributed by atoms with van der Waals surface area (Å²) in [5.74, 6) is -0.458. The van der Waals surface area contributed by atoms with Gasteiger partial charge in [-0.15, -0.1) is 0 Å². The first kappa shape index (κ1) is 42.3. The molecule has 1 unspecified atom stereocenters. The Labute approximate surface area is 341 Å². The van der Waals surface area contributed by atoms with Crippen LogP contribution < -0.4 is 5.32 Å². The van der Waals surface area contributed by atoms with Crippen LogP contribution in [0.2, 0.25) is 0 Å². The number of methoxy groups -OCH3 is 1. The lowest BCUT2D eigenvalue weighted by Crippen LogP contribution is -2.61. The number of nitrogens with one attached hydrogen (secondary N) is 1. The number of carbonyl (C=O) groups is 2. The Bertz CT molecular complexity index is 1900. The second-order valence-electron chi connectivity index (χ2n) is 14.3. The molecule has 10 heteroatoms. The zero-order valence-corrected chi connectivity index (χ0v) is 32.9. The van der Waals surface area contributed by atoms with Crippen molar-refractivity contribution in [1.29, 1.82) is 0 Å². The van der Waals surface area contributed by atoms with Crippen LogP contribution in [0.1, 0.15) is 47.1 Å². The standard InChI is InChI=1S/C48H53NO9/c1-52-44(50)29-41(49-48(51)57-34-40-25-15-6-16-26-40)27-28-42-45(54-31-37-19-9-3-10-20-37)47(56-33-39-23-13-5-14-24-39)46(55-32-38-21-11-4-12-22-38)43(58-42)35-53-30-36-17-7-2-8-18-36/h2-26,41-43,45-47H,27-35H2,1H3,(H,49,51)/t41?,42-,43-,45+,46+,47-/m1/s1. The molecule has 5 aromatic rings. The monoisotopic (exact) mass is 787 g/mol. The van der Waals surface area contributed by atoms with E-state index in [1.54, 1.807) is 0 Å². The van der Waals surface area contributed by atoms with Gasteiger partial charge in [0.25, 0.3) is 0 Å². The number of hydrogen-bond donors (Lipinski definition) is 1. The van der Waals surface area contributed by atoms with Crippen molar-refractivity contribution < 1.29 is 42.7 Å². The second-order valence-corrected chi connectivity index (χ2v) is 14.3. The maximum absolute atomic E-state index is 13.1. The first-order valence-corrected chi connectivity index (χ1v) is 19.8. The van der Waals surface area contributed by atoms with Gasteiger partial charge in [0.15, 0.2) is 0 Å². The molecule has 1 fully saturated rings. The van der Waals surface area contributed by atoms with Gasteiger partial charge < -0.3 is 38.5 Å². The van der Waals surface area contributed by atoms with Gasteiger partial charge in [0, 0.05) is 6.04 Å². The molecule has 0 radical (unpaired) electrons. The van der Waals surface area contributed by atoms with Gasteiger partial charge in [-0.2, -0.15) is 0 Å². The molecule has 1 heterocycles. The van der Waals surface area contributed by atoms with Crippen molar-refractivity contribution >= 4 is 12.1 Å². The van der Waals surface area contributed by atoms with Gasteiger partial charge in [-0.25, -0.2) is 4.79 Å². The molecular formula is C48H53NO9. The van der Waals surface area contributed by atoms with Crippen molar-refractivity contribution in [2.45, 2.75) is 88.9 Å². The van der Waals surface area contributed by atoms with Crippen molar-refractivity contribution in [3.8, 4) is 0 Å². The normalized spacial score (nSPS) is 19.5. The Morgan fingerprint density at radius 2 is 0.966 bits per heavy atom. The van der Waals surface area contributed by atoms with Crippen molar-refractivity contribution in [2.24, 2.45) is 0 Å². The number of hydrogen-bond acceptors (Lipinski definition) is 9. The van der Waals surface area contributed by atoms with E-state index in [2.05, 4.69) is 5.32 Å². The fraction of sp³-hybridized carbons (Fsp3) is 0.333. The van der Waals surface area contributed by atoms with E-state index in [1.807, 2.05) is 152 Å². The first-order chi connectivity index (χ1) is 28.5. The third-order valence-electron chi connectivity index (χ3n) is 9.95. The van der Waals surface area contributed by atoms with E-state index in [1.165, 1.54) is 7.11 Å². The predicted molar refractivity (Wildman–Crippen MR) is 219 cm³/mol. The van der Waals surface area contributed by atoms with Gasteiger partial charge in [-0.3, -0.25) is 4.79 Å². The molecule has 10 nitrogen and oxygen atoms in total. The quantitative estimate of drug-likeness (QED) is 0.0734. The highest BCUT2D eigenvalue weighted by Crippen LogP contribution is 2.33. The molecule has 0 saturated carbocycles. The summed E-state index contributed by atoms with van der Waals surface area (Å²) in [4.78, 5) is 25.7. The Kier molecular flexibility index (Phi) is 16.9. The predicted octanol–water partition coefficient (Wildman–Crippen LogP) is 8.37. The highest BCUT2D eigenvalue weighted by molar-refractivity contribution is 5.72. The minimum absolute atomic E-state index is 0.0560. The van der Waals surface area contributed by atoms with Gasteiger partial charge in [0.1, 0.15) is 31.0 Å². The lowest BCUT2D eigenvalue weighted by Gasteiger charge is -2.46. The Morgan fingerprint density at radius 1 is 0.552 bits per heavy atom. The number of rotatable bonds is 21. The Balaban J connectivity index is 1.27. The third-order valence-corrected chi connectivity index (χ3v) is 9.95. The maximum Gasteiger partial charge on any atom is 0.407 e. The lowest BCUT2D eigenvalue weighted by atomic mass is 9.90. The summed E-state index contributed by atoms with van der Waals surface area (Å²) in [6.07, 6.45) is -2.85.